The quantitative estimate of drug-likeness (QED) is 0.0985. The number of thiophene rings is 1. The third-order valence-corrected chi connectivity index (χ3v) is 9.60. The highest BCUT2D eigenvalue weighted by Gasteiger charge is 2.27. The van der Waals surface area contributed by atoms with Crippen molar-refractivity contribution in [1.82, 2.24) is 15.3 Å². The Balaban J connectivity index is 1.45. The van der Waals surface area contributed by atoms with E-state index in [1.807, 2.05) is 54.6 Å². The van der Waals surface area contributed by atoms with Crippen molar-refractivity contribution in [3.05, 3.63) is 93.9 Å². The van der Waals surface area contributed by atoms with E-state index in [1.54, 1.807) is 18.5 Å². The molecule has 47 heavy (non-hydrogen) atoms. The zero-order chi connectivity index (χ0) is 34.1. The van der Waals surface area contributed by atoms with E-state index in [2.05, 4.69) is 43.0 Å². The number of aromatic nitrogens is 2. The molecule has 2 N–H and O–H groups in total. The summed E-state index contributed by atoms with van der Waals surface area (Å²) in [5.41, 5.74) is 3.99. The number of unbranched alkanes of at least 4 members (excludes halogenated alkanes) is 2. The summed E-state index contributed by atoms with van der Waals surface area (Å²) in [6, 6.07) is 17.7. The standard InChI is InChI=1S/C38H43N3O5S/c1-6-7-8-9-31(42)27-16-14-26(15-17-27)30-22-39-35(40-23-30)28-12-10-25(11-13-28)20-29(36(44)41-24(2)37(45)46)21-32(43)33-18-19-34(47-33)38(3,4)5/h10-19,22-24,29H,6-9,20-21H2,1-5H3,(H,41,44)(H,45,46)/t24-,29-/m1/s1. The zero-order valence-electron chi connectivity index (χ0n) is 27.7. The number of nitrogens with one attached hydrogen (secondary N) is 1. The van der Waals surface area contributed by atoms with Gasteiger partial charge in [0.1, 0.15) is 6.04 Å². The van der Waals surface area contributed by atoms with Gasteiger partial charge in [0.2, 0.25) is 5.91 Å². The number of hydrogen-bond acceptors (Lipinski definition) is 7. The summed E-state index contributed by atoms with van der Waals surface area (Å²) >= 11 is 1.43. The van der Waals surface area contributed by atoms with Crippen LogP contribution in [0.3, 0.4) is 0 Å². The van der Waals surface area contributed by atoms with Gasteiger partial charge in [0.05, 0.1) is 4.88 Å². The van der Waals surface area contributed by atoms with Crippen LogP contribution >= 0.6 is 11.3 Å². The number of carboxylic acid groups (broad SMARTS) is 1. The molecule has 9 heteroatoms. The second kappa shape index (κ2) is 15.9. The first-order valence-electron chi connectivity index (χ1n) is 16.1. The molecule has 4 aromatic rings. The van der Waals surface area contributed by atoms with Gasteiger partial charge in [-0.15, -0.1) is 11.3 Å². The first-order chi connectivity index (χ1) is 22.3. The topological polar surface area (TPSA) is 126 Å². The van der Waals surface area contributed by atoms with Gasteiger partial charge in [-0.1, -0.05) is 89.1 Å². The summed E-state index contributed by atoms with van der Waals surface area (Å²) < 4.78 is 0. The molecule has 0 fully saturated rings. The molecular formula is C38H43N3O5S. The van der Waals surface area contributed by atoms with E-state index in [0.29, 0.717) is 22.7 Å². The average Bonchev–Trinajstić information content (AvgIpc) is 3.57. The molecule has 1 amide bonds. The molecule has 0 spiro atoms. The minimum absolute atomic E-state index is 0.0391. The van der Waals surface area contributed by atoms with Crippen molar-refractivity contribution in [3.63, 3.8) is 0 Å². The van der Waals surface area contributed by atoms with Crippen LogP contribution in [0.25, 0.3) is 22.5 Å². The second-order valence-corrected chi connectivity index (χ2v) is 14.0. The highest BCUT2D eigenvalue weighted by atomic mass is 32.1. The molecule has 0 aliphatic carbocycles. The molecule has 246 valence electrons. The molecule has 2 atom stereocenters. The first kappa shape index (κ1) is 35.4. The Morgan fingerprint density at radius 3 is 2.04 bits per heavy atom. The second-order valence-electron chi connectivity index (χ2n) is 13.0. The average molecular weight is 654 g/mol. The lowest BCUT2D eigenvalue weighted by Crippen LogP contribution is -2.42. The van der Waals surface area contributed by atoms with E-state index in [1.165, 1.54) is 18.3 Å². The lowest BCUT2D eigenvalue weighted by Gasteiger charge is -2.18. The lowest BCUT2D eigenvalue weighted by atomic mass is 9.92. The van der Waals surface area contributed by atoms with E-state index in [4.69, 9.17) is 0 Å². The number of amides is 1. The number of carboxylic acids is 1. The highest BCUT2D eigenvalue weighted by Crippen LogP contribution is 2.31. The van der Waals surface area contributed by atoms with Gasteiger partial charge in [-0.05, 0) is 48.4 Å². The predicted molar refractivity (Wildman–Crippen MR) is 186 cm³/mol. The summed E-state index contributed by atoms with van der Waals surface area (Å²) in [6.45, 7) is 9.77. The Labute approximate surface area is 280 Å². The molecule has 0 unspecified atom stereocenters. The van der Waals surface area contributed by atoms with Crippen molar-refractivity contribution >= 4 is 34.8 Å². The van der Waals surface area contributed by atoms with Gasteiger partial charge in [-0.2, -0.15) is 0 Å². The lowest BCUT2D eigenvalue weighted by molar-refractivity contribution is -0.141. The minimum Gasteiger partial charge on any atom is -0.480 e. The monoisotopic (exact) mass is 653 g/mol. The van der Waals surface area contributed by atoms with Gasteiger partial charge in [0.25, 0.3) is 0 Å². The van der Waals surface area contributed by atoms with Crippen LogP contribution < -0.4 is 5.32 Å². The molecule has 0 saturated carbocycles. The number of carbonyl (C=O) groups excluding carboxylic acids is 3. The maximum absolute atomic E-state index is 13.3. The summed E-state index contributed by atoms with van der Waals surface area (Å²) in [5.74, 6) is -1.81. The number of nitrogens with zero attached hydrogens (tertiary/aromatic N) is 2. The van der Waals surface area contributed by atoms with Crippen LogP contribution in [0.2, 0.25) is 0 Å². The Hall–Kier alpha value is -4.50. The molecule has 2 aromatic heterocycles. The Morgan fingerprint density at radius 1 is 0.830 bits per heavy atom. The van der Waals surface area contributed by atoms with Crippen LogP contribution in [0.5, 0.6) is 0 Å². The third kappa shape index (κ3) is 9.75. The van der Waals surface area contributed by atoms with Crippen molar-refractivity contribution in [3.8, 4) is 22.5 Å². The van der Waals surface area contributed by atoms with Gasteiger partial charge in [0.15, 0.2) is 17.4 Å². The van der Waals surface area contributed by atoms with E-state index >= 15 is 0 Å². The zero-order valence-corrected chi connectivity index (χ0v) is 28.5. The largest absolute Gasteiger partial charge is 0.480 e. The van der Waals surface area contributed by atoms with Crippen molar-refractivity contribution in [2.24, 2.45) is 5.92 Å². The van der Waals surface area contributed by atoms with Gasteiger partial charge in [-0.3, -0.25) is 19.2 Å². The van der Waals surface area contributed by atoms with Crippen LogP contribution in [0.1, 0.15) is 97.2 Å². The van der Waals surface area contributed by atoms with E-state index in [0.717, 1.165) is 46.4 Å². The maximum Gasteiger partial charge on any atom is 0.325 e. The van der Waals surface area contributed by atoms with Crippen molar-refractivity contribution in [2.45, 2.75) is 84.6 Å². The number of ketones is 2. The molecule has 2 aromatic carbocycles. The number of carbonyl (C=O) groups is 4. The summed E-state index contributed by atoms with van der Waals surface area (Å²) in [6.07, 6.45) is 7.33. The minimum atomic E-state index is -1.14. The fourth-order valence-electron chi connectivity index (χ4n) is 5.09. The van der Waals surface area contributed by atoms with Crippen molar-refractivity contribution in [2.75, 3.05) is 0 Å². The fourth-order valence-corrected chi connectivity index (χ4v) is 6.11. The Kier molecular flexibility index (Phi) is 11.9. The van der Waals surface area contributed by atoms with Crippen molar-refractivity contribution in [1.29, 1.82) is 0 Å². The first-order valence-corrected chi connectivity index (χ1v) is 16.9. The Morgan fingerprint density at radius 2 is 1.47 bits per heavy atom. The Bertz CT molecular complexity index is 1690. The van der Waals surface area contributed by atoms with Crippen LogP contribution in [-0.2, 0) is 21.4 Å². The number of benzene rings is 2. The number of rotatable bonds is 15. The van der Waals surface area contributed by atoms with E-state index in [-0.39, 0.29) is 29.8 Å². The van der Waals surface area contributed by atoms with Crippen LogP contribution in [0.4, 0.5) is 0 Å². The van der Waals surface area contributed by atoms with Gasteiger partial charge in [-0.25, -0.2) is 9.97 Å². The summed E-state index contributed by atoms with van der Waals surface area (Å²) in [4.78, 5) is 61.0. The van der Waals surface area contributed by atoms with Crippen LogP contribution in [0, 0.1) is 5.92 Å². The number of hydrogen-bond donors (Lipinski definition) is 2. The normalized spacial score (nSPS) is 12.7. The molecule has 0 saturated heterocycles. The van der Waals surface area contributed by atoms with E-state index < -0.39 is 23.8 Å². The van der Waals surface area contributed by atoms with Gasteiger partial charge < -0.3 is 10.4 Å². The number of aliphatic carboxylic acids is 1. The van der Waals surface area contributed by atoms with Crippen LogP contribution in [0.15, 0.2) is 73.1 Å². The molecular weight excluding hydrogens is 611 g/mol. The molecule has 8 nitrogen and oxygen atoms in total. The smallest absolute Gasteiger partial charge is 0.325 e. The van der Waals surface area contributed by atoms with Crippen molar-refractivity contribution < 1.29 is 24.3 Å². The maximum atomic E-state index is 13.3. The predicted octanol–water partition coefficient (Wildman–Crippen LogP) is 7.95. The SMILES string of the molecule is CCCCCC(=O)c1ccc(-c2cnc(-c3ccc(C[C@H](CC(=O)c4ccc(C(C)(C)C)s4)C(=O)N[C@H](C)C(=O)O)cc3)nc2)cc1. The fraction of sp³-hybridized carbons (Fsp3) is 0.368. The molecule has 4 rings (SSSR count). The number of Topliss-reactive ketones (excluding diaryl/α,β-unsaturated/α-hetero) is 2. The highest BCUT2D eigenvalue weighted by molar-refractivity contribution is 7.14. The van der Waals surface area contributed by atoms with Gasteiger partial charge >= 0.3 is 5.97 Å². The molecule has 0 radical (unpaired) electrons. The molecule has 2 heterocycles. The third-order valence-electron chi connectivity index (χ3n) is 8.05. The summed E-state index contributed by atoms with van der Waals surface area (Å²) in [7, 11) is 0. The van der Waals surface area contributed by atoms with Crippen LogP contribution in [-0.4, -0.2) is 44.6 Å². The van der Waals surface area contributed by atoms with Gasteiger partial charge in [0, 0.05) is 52.7 Å². The molecule has 0 aliphatic rings. The molecule has 0 aliphatic heterocycles. The molecule has 0 bridgehead atoms. The summed E-state index contributed by atoms with van der Waals surface area (Å²) in [5, 5.41) is 11.9. The van der Waals surface area contributed by atoms with E-state index in [9.17, 15) is 24.3 Å².